The number of nitrogens with one attached hydrogen (secondary N) is 1. The number of anilines is 1. The highest BCUT2D eigenvalue weighted by Gasteiger charge is 2.27. The van der Waals surface area contributed by atoms with Crippen molar-refractivity contribution in [1.29, 1.82) is 0 Å². The number of aryl methyl sites for hydroxylation is 2. The van der Waals surface area contributed by atoms with Crippen molar-refractivity contribution in [2.75, 3.05) is 18.0 Å². The van der Waals surface area contributed by atoms with Crippen LogP contribution in [-0.2, 0) is 11.3 Å². The van der Waals surface area contributed by atoms with Gasteiger partial charge in [0, 0.05) is 23.5 Å². The fraction of sp³-hybridized carbons (Fsp3) is 0.308. The van der Waals surface area contributed by atoms with Crippen LogP contribution in [0.2, 0.25) is 0 Å². The molecule has 1 unspecified atom stereocenters. The number of piperidine rings is 1. The zero-order chi connectivity index (χ0) is 23.5. The van der Waals surface area contributed by atoms with E-state index in [1.807, 2.05) is 43.3 Å². The first kappa shape index (κ1) is 22.3. The summed E-state index contributed by atoms with van der Waals surface area (Å²) in [5.41, 5.74) is 4.02. The Morgan fingerprint density at radius 2 is 2.03 bits per heavy atom. The molecule has 1 aliphatic rings. The average molecular weight is 474 g/mol. The zero-order valence-electron chi connectivity index (χ0n) is 19.3. The number of benzene rings is 1. The molecule has 4 aromatic rings. The van der Waals surface area contributed by atoms with Gasteiger partial charge in [0.2, 0.25) is 5.91 Å². The Kier molecular flexibility index (Phi) is 6.40. The summed E-state index contributed by atoms with van der Waals surface area (Å²) >= 11 is 1.65. The first-order valence-electron chi connectivity index (χ1n) is 11.5. The van der Waals surface area contributed by atoms with Gasteiger partial charge < -0.3 is 14.6 Å². The summed E-state index contributed by atoms with van der Waals surface area (Å²) < 4.78 is 5.38. The van der Waals surface area contributed by atoms with Crippen molar-refractivity contribution in [3.05, 3.63) is 70.9 Å². The molecule has 3 aromatic heterocycles. The predicted octanol–water partition coefficient (Wildman–Crippen LogP) is 5.01. The average Bonchev–Trinajstić information content (AvgIpc) is 3.53. The zero-order valence-corrected chi connectivity index (χ0v) is 20.1. The van der Waals surface area contributed by atoms with Gasteiger partial charge in [0.1, 0.15) is 10.7 Å². The minimum Gasteiger partial charge on any atom is -0.463 e. The molecule has 1 N–H and O–H groups in total. The maximum atomic E-state index is 13.0. The van der Waals surface area contributed by atoms with E-state index >= 15 is 0 Å². The van der Waals surface area contributed by atoms with E-state index < -0.39 is 0 Å². The molecule has 0 bridgehead atoms. The SMILES string of the molecule is Cc1ccccc1-c1nc(C)c(CNC(=O)C2CCCN(c3ccc(-c4ccco4)nn3)C2)s1. The molecule has 1 aliphatic heterocycles. The molecule has 5 rings (SSSR count). The maximum Gasteiger partial charge on any atom is 0.225 e. The van der Waals surface area contributed by atoms with E-state index in [1.54, 1.807) is 17.6 Å². The summed E-state index contributed by atoms with van der Waals surface area (Å²) in [6.45, 7) is 6.11. The highest BCUT2D eigenvalue weighted by atomic mass is 32.1. The fourth-order valence-corrected chi connectivity index (χ4v) is 5.37. The van der Waals surface area contributed by atoms with Crippen LogP contribution >= 0.6 is 11.3 Å². The van der Waals surface area contributed by atoms with E-state index in [1.165, 1.54) is 5.56 Å². The third-order valence-electron chi connectivity index (χ3n) is 6.23. The fourth-order valence-electron chi connectivity index (χ4n) is 4.28. The number of furan rings is 1. The van der Waals surface area contributed by atoms with Crippen LogP contribution in [0.5, 0.6) is 0 Å². The summed E-state index contributed by atoms with van der Waals surface area (Å²) in [5, 5.41) is 12.8. The van der Waals surface area contributed by atoms with Gasteiger partial charge in [-0.1, -0.05) is 24.3 Å². The number of nitrogens with zero attached hydrogens (tertiary/aromatic N) is 4. The number of aromatic nitrogens is 3. The number of carbonyl (C=O) groups is 1. The van der Waals surface area contributed by atoms with E-state index in [-0.39, 0.29) is 11.8 Å². The van der Waals surface area contributed by atoms with E-state index in [9.17, 15) is 4.79 Å². The van der Waals surface area contributed by atoms with E-state index in [0.29, 0.717) is 24.5 Å². The van der Waals surface area contributed by atoms with Crippen molar-refractivity contribution in [3.63, 3.8) is 0 Å². The van der Waals surface area contributed by atoms with E-state index in [4.69, 9.17) is 9.40 Å². The molecule has 1 saturated heterocycles. The Morgan fingerprint density at radius 3 is 2.79 bits per heavy atom. The normalized spacial score (nSPS) is 15.9. The summed E-state index contributed by atoms with van der Waals surface area (Å²) in [5.74, 6) is 1.48. The van der Waals surface area contributed by atoms with Gasteiger partial charge in [-0.05, 0) is 56.5 Å². The second-order valence-electron chi connectivity index (χ2n) is 8.60. The third kappa shape index (κ3) is 4.72. The van der Waals surface area contributed by atoms with Gasteiger partial charge in [-0.3, -0.25) is 4.79 Å². The first-order valence-corrected chi connectivity index (χ1v) is 12.3. The highest BCUT2D eigenvalue weighted by Crippen LogP contribution is 2.30. The Balaban J connectivity index is 1.21. The molecule has 174 valence electrons. The second-order valence-corrected chi connectivity index (χ2v) is 9.68. The minimum absolute atomic E-state index is 0.0788. The molecular formula is C26H27N5O2S. The number of hydrogen-bond acceptors (Lipinski definition) is 7. The van der Waals surface area contributed by atoms with E-state index in [2.05, 4.69) is 39.5 Å². The molecule has 7 nitrogen and oxygen atoms in total. The quantitative estimate of drug-likeness (QED) is 0.424. The Labute approximate surface area is 202 Å². The molecule has 1 fully saturated rings. The molecular weight excluding hydrogens is 446 g/mol. The van der Waals surface area contributed by atoms with Gasteiger partial charge in [-0.2, -0.15) is 0 Å². The molecule has 4 heterocycles. The Bertz CT molecular complexity index is 1270. The van der Waals surface area contributed by atoms with Crippen molar-refractivity contribution in [2.24, 2.45) is 5.92 Å². The molecule has 0 radical (unpaired) electrons. The van der Waals surface area contributed by atoms with Crippen LogP contribution in [0.1, 0.15) is 29.0 Å². The topological polar surface area (TPSA) is 84.2 Å². The third-order valence-corrected chi connectivity index (χ3v) is 7.42. The summed E-state index contributed by atoms with van der Waals surface area (Å²) in [4.78, 5) is 21.0. The lowest BCUT2D eigenvalue weighted by molar-refractivity contribution is -0.125. The van der Waals surface area contributed by atoms with Gasteiger partial charge in [0.25, 0.3) is 0 Å². The van der Waals surface area contributed by atoms with Crippen molar-refractivity contribution in [1.82, 2.24) is 20.5 Å². The lowest BCUT2D eigenvalue weighted by Gasteiger charge is -2.32. The Hall–Kier alpha value is -3.52. The molecule has 0 spiro atoms. The van der Waals surface area contributed by atoms with Crippen LogP contribution in [0.3, 0.4) is 0 Å². The molecule has 0 saturated carbocycles. The van der Waals surface area contributed by atoms with Gasteiger partial charge >= 0.3 is 0 Å². The number of rotatable bonds is 6. The van der Waals surface area contributed by atoms with Crippen LogP contribution < -0.4 is 10.2 Å². The molecule has 0 aliphatic carbocycles. The molecule has 34 heavy (non-hydrogen) atoms. The number of carbonyl (C=O) groups excluding carboxylic acids is 1. The Morgan fingerprint density at radius 1 is 1.15 bits per heavy atom. The minimum atomic E-state index is -0.0793. The molecule has 1 amide bonds. The van der Waals surface area contributed by atoms with Crippen molar-refractivity contribution in [3.8, 4) is 22.0 Å². The lowest BCUT2D eigenvalue weighted by atomic mass is 9.97. The second kappa shape index (κ2) is 9.77. The number of amides is 1. The first-order chi connectivity index (χ1) is 16.6. The van der Waals surface area contributed by atoms with Gasteiger partial charge in [-0.15, -0.1) is 21.5 Å². The van der Waals surface area contributed by atoms with Gasteiger partial charge in [-0.25, -0.2) is 4.98 Å². The van der Waals surface area contributed by atoms with Crippen LogP contribution in [0, 0.1) is 19.8 Å². The van der Waals surface area contributed by atoms with Crippen LogP contribution in [0.4, 0.5) is 5.82 Å². The molecule has 8 heteroatoms. The van der Waals surface area contributed by atoms with Crippen LogP contribution in [0.15, 0.2) is 59.2 Å². The van der Waals surface area contributed by atoms with Crippen molar-refractivity contribution in [2.45, 2.75) is 33.2 Å². The molecule has 1 atom stereocenters. The highest BCUT2D eigenvalue weighted by molar-refractivity contribution is 7.15. The van der Waals surface area contributed by atoms with Crippen molar-refractivity contribution >= 4 is 23.1 Å². The van der Waals surface area contributed by atoms with Crippen LogP contribution in [-0.4, -0.2) is 34.2 Å². The summed E-state index contributed by atoms with van der Waals surface area (Å²) in [6.07, 6.45) is 3.43. The van der Waals surface area contributed by atoms with Gasteiger partial charge in [0.15, 0.2) is 11.6 Å². The number of thiazole rings is 1. The maximum absolute atomic E-state index is 13.0. The standard InChI is InChI=1S/C26H27N5O2S/c1-17-7-3-4-9-20(17)26-28-18(2)23(34-26)15-27-25(32)19-8-5-13-31(16-19)24-12-11-21(29-30-24)22-10-6-14-33-22/h3-4,6-7,9-12,14,19H,5,8,13,15-16H2,1-2H3,(H,27,32). The summed E-state index contributed by atoms with van der Waals surface area (Å²) in [6, 6.07) is 15.8. The predicted molar refractivity (Wildman–Crippen MR) is 134 cm³/mol. The van der Waals surface area contributed by atoms with Crippen LogP contribution in [0.25, 0.3) is 22.0 Å². The monoisotopic (exact) mass is 473 g/mol. The summed E-state index contributed by atoms with van der Waals surface area (Å²) in [7, 11) is 0. The van der Waals surface area contributed by atoms with Crippen molar-refractivity contribution < 1.29 is 9.21 Å². The van der Waals surface area contributed by atoms with E-state index in [0.717, 1.165) is 46.3 Å². The number of hydrogen-bond donors (Lipinski definition) is 1. The van der Waals surface area contributed by atoms with Gasteiger partial charge in [0.05, 0.1) is 24.4 Å². The smallest absolute Gasteiger partial charge is 0.225 e. The lowest BCUT2D eigenvalue weighted by Crippen LogP contribution is -2.43. The molecule has 1 aromatic carbocycles. The largest absolute Gasteiger partial charge is 0.463 e.